The van der Waals surface area contributed by atoms with Gasteiger partial charge in [0.1, 0.15) is 5.82 Å². The average molecular weight is 421 g/mol. The first kappa shape index (κ1) is 20.0. The Morgan fingerprint density at radius 1 is 1.10 bits per heavy atom. The molecule has 0 aromatic heterocycles. The third-order valence-corrected chi connectivity index (χ3v) is 5.31. The molecule has 152 valence electrons. The molecular formula is C23H20FN3O2S. The smallest absolute Gasteiger partial charge is 0.258 e. The maximum absolute atomic E-state index is 13.0. The molecule has 0 spiro atoms. The second-order valence-electron chi connectivity index (χ2n) is 7.09. The Balaban J connectivity index is 1.58. The number of hydrogen-bond donors (Lipinski definition) is 2. The van der Waals surface area contributed by atoms with Crippen LogP contribution in [0.2, 0.25) is 0 Å². The Hall–Kier alpha value is -3.32. The van der Waals surface area contributed by atoms with Gasteiger partial charge in [0.25, 0.3) is 11.8 Å². The molecule has 0 saturated heterocycles. The fraction of sp³-hybridized carbons (Fsp3) is 0.174. The molecule has 5 nitrogen and oxygen atoms in total. The maximum atomic E-state index is 13.0. The number of carbonyl (C=O) groups is 2. The molecule has 3 aromatic carbocycles. The van der Waals surface area contributed by atoms with Crippen molar-refractivity contribution < 1.29 is 14.0 Å². The first-order chi connectivity index (χ1) is 14.5. The van der Waals surface area contributed by atoms with Crippen molar-refractivity contribution in [3.05, 3.63) is 71.5 Å². The predicted molar refractivity (Wildman–Crippen MR) is 121 cm³/mol. The van der Waals surface area contributed by atoms with Gasteiger partial charge in [-0.25, -0.2) is 4.39 Å². The van der Waals surface area contributed by atoms with Crippen molar-refractivity contribution in [1.29, 1.82) is 0 Å². The molecule has 1 aliphatic rings. The number of anilines is 2. The molecule has 30 heavy (non-hydrogen) atoms. The normalized spacial score (nSPS) is 12.3. The zero-order valence-corrected chi connectivity index (χ0v) is 17.2. The Bertz CT molecular complexity index is 1160. The molecule has 0 aliphatic carbocycles. The van der Waals surface area contributed by atoms with E-state index in [0.717, 1.165) is 29.3 Å². The highest BCUT2D eigenvalue weighted by molar-refractivity contribution is 7.80. The molecule has 1 aliphatic heterocycles. The number of thiocarbonyl (C=S) groups is 1. The van der Waals surface area contributed by atoms with Crippen LogP contribution in [-0.4, -0.2) is 23.5 Å². The molecule has 0 radical (unpaired) electrons. The number of amides is 2. The van der Waals surface area contributed by atoms with Gasteiger partial charge in [0.05, 0.1) is 5.69 Å². The predicted octanol–water partition coefficient (Wildman–Crippen LogP) is 4.87. The van der Waals surface area contributed by atoms with E-state index in [4.69, 9.17) is 12.2 Å². The van der Waals surface area contributed by atoms with Crippen LogP contribution in [0.15, 0.2) is 54.6 Å². The Morgan fingerprint density at radius 3 is 2.60 bits per heavy atom. The summed E-state index contributed by atoms with van der Waals surface area (Å²) in [5.74, 6) is -0.838. The monoisotopic (exact) mass is 421 g/mol. The lowest BCUT2D eigenvalue weighted by Crippen LogP contribution is -2.34. The van der Waals surface area contributed by atoms with Crippen LogP contribution in [0.1, 0.15) is 40.5 Å². The second kappa shape index (κ2) is 8.20. The molecule has 0 bridgehead atoms. The van der Waals surface area contributed by atoms with Gasteiger partial charge in [0.2, 0.25) is 0 Å². The molecular weight excluding hydrogens is 401 g/mol. The van der Waals surface area contributed by atoms with Crippen LogP contribution in [0.3, 0.4) is 0 Å². The minimum absolute atomic E-state index is 0.00777. The highest BCUT2D eigenvalue weighted by Crippen LogP contribution is 2.40. The summed E-state index contributed by atoms with van der Waals surface area (Å²) in [6.45, 7) is 2.77. The summed E-state index contributed by atoms with van der Waals surface area (Å²) in [6.07, 6.45) is 1.94. The third-order valence-electron chi connectivity index (χ3n) is 5.10. The molecule has 0 saturated carbocycles. The van der Waals surface area contributed by atoms with Crippen LogP contribution in [0.4, 0.5) is 15.8 Å². The molecule has 0 atom stereocenters. The van der Waals surface area contributed by atoms with E-state index in [1.807, 2.05) is 35.2 Å². The van der Waals surface area contributed by atoms with E-state index < -0.39 is 11.7 Å². The fourth-order valence-corrected chi connectivity index (χ4v) is 3.83. The molecule has 3 aromatic rings. The van der Waals surface area contributed by atoms with Crippen LogP contribution >= 0.6 is 12.2 Å². The van der Waals surface area contributed by atoms with E-state index in [1.165, 1.54) is 24.3 Å². The van der Waals surface area contributed by atoms with Crippen molar-refractivity contribution in [3.8, 4) is 0 Å². The highest BCUT2D eigenvalue weighted by Gasteiger charge is 2.30. The Morgan fingerprint density at radius 2 is 1.87 bits per heavy atom. The third kappa shape index (κ3) is 3.64. The summed E-state index contributed by atoms with van der Waals surface area (Å²) in [7, 11) is 0. The Labute approximate surface area is 178 Å². The lowest BCUT2D eigenvalue weighted by molar-refractivity contribution is 0.0974. The summed E-state index contributed by atoms with van der Waals surface area (Å²) < 4.78 is 13.0. The largest absolute Gasteiger partial charge is 0.332 e. The Kier molecular flexibility index (Phi) is 5.46. The molecule has 2 N–H and O–H groups in total. The van der Waals surface area contributed by atoms with Crippen LogP contribution in [0.5, 0.6) is 0 Å². The van der Waals surface area contributed by atoms with E-state index in [9.17, 15) is 14.0 Å². The number of rotatable bonds is 5. The van der Waals surface area contributed by atoms with Crippen LogP contribution in [0, 0.1) is 5.82 Å². The molecule has 0 unspecified atom stereocenters. The summed E-state index contributed by atoms with van der Waals surface area (Å²) in [5.41, 5.74) is 2.57. The number of carbonyl (C=O) groups excluding carboxylic acids is 2. The summed E-state index contributed by atoms with van der Waals surface area (Å²) in [6, 6.07) is 14.6. The first-order valence-electron chi connectivity index (χ1n) is 9.75. The van der Waals surface area contributed by atoms with Gasteiger partial charge in [-0.3, -0.25) is 14.9 Å². The van der Waals surface area contributed by atoms with Gasteiger partial charge in [-0.1, -0.05) is 25.5 Å². The van der Waals surface area contributed by atoms with Crippen LogP contribution in [0.25, 0.3) is 10.8 Å². The van der Waals surface area contributed by atoms with Crippen molar-refractivity contribution in [3.63, 3.8) is 0 Å². The number of halogens is 1. The first-order valence-corrected chi connectivity index (χ1v) is 10.2. The zero-order chi connectivity index (χ0) is 21.3. The average Bonchev–Trinajstić information content (AvgIpc) is 3.01. The van der Waals surface area contributed by atoms with E-state index in [-0.39, 0.29) is 11.0 Å². The quantitative estimate of drug-likeness (QED) is 0.577. The van der Waals surface area contributed by atoms with Gasteiger partial charge >= 0.3 is 0 Å². The molecule has 1 heterocycles. The molecule has 2 amide bonds. The summed E-state index contributed by atoms with van der Waals surface area (Å²) in [5, 5.41) is 7.51. The number of unbranched alkanes of at least 4 members (excludes halogenated alkanes) is 1. The standard InChI is InChI=1S/C23H20FN3O2S/c1-2-3-13-27-19-12-11-18(16-5-4-6-17(20(16)19)22(27)29)25-23(30)26-21(28)14-7-9-15(24)10-8-14/h4-12H,2-3,13H2,1H3,(H2,25,26,28,30). The van der Waals surface area contributed by atoms with Gasteiger partial charge in [0.15, 0.2) is 5.11 Å². The zero-order valence-electron chi connectivity index (χ0n) is 16.4. The van der Waals surface area contributed by atoms with Crippen molar-refractivity contribution in [2.45, 2.75) is 19.8 Å². The van der Waals surface area contributed by atoms with Crippen molar-refractivity contribution >= 4 is 51.3 Å². The minimum Gasteiger partial charge on any atom is -0.332 e. The second-order valence-corrected chi connectivity index (χ2v) is 7.49. The van der Waals surface area contributed by atoms with Crippen molar-refractivity contribution in [2.75, 3.05) is 16.8 Å². The number of hydrogen-bond acceptors (Lipinski definition) is 3. The van der Waals surface area contributed by atoms with E-state index >= 15 is 0 Å². The number of benzene rings is 3. The fourth-order valence-electron chi connectivity index (χ4n) is 3.62. The SMILES string of the molecule is CCCCN1C(=O)c2cccc3c(NC(=S)NC(=O)c4ccc(F)cc4)ccc1c23. The topological polar surface area (TPSA) is 61.4 Å². The van der Waals surface area contributed by atoms with Crippen molar-refractivity contribution in [2.24, 2.45) is 0 Å². The van der Waals surface area contributed by atoms with Gasteiger partial charge in [-0.2, -0.15) is 0 Å². The van der Waals surface area contributed by atoms with E-state index in [0.29, 0.717) is 23.4 Å². The number of nitrogens with one attached hydrogen (secondary N) is 2. The summed E-state index contributed by atoms with van der Waals surface area (Å²) >= 11 is 5.29. The highest BCUT2D eigenvalue weighted by atomic mass is 32.1. The molecule has 7 heteroatoms. The van der Waals surface area contributed by atoms with Gasteiger partial charge in [-0.15, -0.1) is 0 Å². The molecule has 4 rings (SSSR count). The van der Waals surface area contributed by atoms with E-state index in [2.05, 4.69) is 17.6 Å². The van der Waals surface area contributed by atoms with Crippen LogP contribution < -0.4 is 15.5 Å². The van der Waals surface area contributed by atoms with E-state index in [1.54, 1.807) is 0 Å². The van der Waals surface area contributed by atoms with Crippen molar-refractivity contribution in [1.82, 2.24) is 5.32 Å². The molecule has 0 fully saturated rings. The summed E-state index contributed by atoms with van der Waals surface area (Å²) in [4.78, 5) is 27.0. The van der Waals surface area contributed by atoms with Gasteiger partial charge < -0.3 is 10.2 Å². The number of nitrogens with zero attached hydrogens (tertiary/aromatic N) is 1. The lowest BCUT2D eigenvalue weighted by Gasteiger charge is -2.18. The van der Waals surface area contributed by atoms with Crippen LogP contribution in [-0.2, 0) is 0 Å². The minimum atomic E-state index is -0.431. The van der Waals surface area contributed by atoms with Gasteiger partial charge in [-0.05, 0) is 61.1 Å². The van der Waals surface area contributed by atoms with Gasteiger partial charge in [0, 0.05) is 34.1 Å². The maximum Gasteiger partial charge on any atom is 0.258 e. The lowest BCUT2D eigenvalue weighted by atomic mass is 10.0.